The second-order valence-electron chi connectivity index (χ2n) is 12.2. The third kappa shape index (κ3) is 4.34. The first-order valence-electron chi connectivity index (χ1n) is 14.8. The highest BCUT2D eigenvalue weighted by atomic mass is 32.2. The first-order chi connectivity index (χ1) is 21.6. The number of nitrogens with zero attached hydrogens (tertiary/aromatic N) is 1. The first-order valence-corrected chi connectivity index (χ1v) is 16.5. The second kappa shape index (κ2) is 10.3. The van der Waals surface area contributed by atoms with Gasteiger partial charge < -0.3 is 9.72 Å². The van der Waals surface area contributed by atoms with Gasteiger partial charge in [-0.05, 0) is 60.4 Å². The fraction of sp³-hybridized carbons (Fsp3) is 0.324. The van der Waals surface area contributed by atoms with Crippen LogP contribution in [0.5, 0.6) is 5.75 Å². The van der Waals surface area contributed by atoms with Gasteiger partial charge in [0.05, 0.1) is 28.1 Å². The fourth-order valence-electron chi connectivity index (χ4n) is 8.31. The molecule has 4 aromatic rings. The number of H-pyrrole nitrogens is 1. The number of fused-ring (bicyclic) bond motifs is 9. The van der Waals surface area contributed by atoms with Crippen LogP contribution in [0.25, 0.3) is 0 Å². The van der Waals surface area contributed by atoms with Gasteiger partial charge in [-0.3, -0.25) is 14.4 Å². The topological polar surface area (TPSA) is 79.5 Å². The van der Waals surface area contributed by atoms with Crippen LogP contribution in [0.4, 0.5) is 18.9 Å². The molecule has 2 bridgehead atoms. The van der Waals surface area contributed by atoms with Crippen LogP contribution in [-0.4, -0.2) is 22.0 Å². The molecule has 4 aliphatic rings. The minimum Gasteiger partial charge on any atom is -0.489 e. The summed E-state index contributed by atoms with van der Waals surface area (Å²) in [6.07, 6.45) is -4.09. The highest BCUT2D eigenvalue weighted by Crippen LogP contribution is 2.69. The van der Waals surface area contributed by atoms with E-state index in [1.807, 2.05) is 55.5 Å². The minimum atomic E-state index is -4.72. The van der Waals surface area contributed by atoms with Crippen molar-refractivity contribution in [3.8, 4) is 5.75 Å². The van der Waals surface area contributed by atoms with E-state index < -0.39 is 41.1 Å². The van der Waals surface area contributed by atoms with Crippen molar-refractivity contribution in [2.45, 2.75) is 42.3 Å². The number of amides is 2. The van der Waals surface area contributed by atoms with Crippen LogP contribution in [0, 0.1) is 36.5 Å². The molecule has 2 saturated carbocycles. The van der Waals surface area contributed by atoms with Crippen LogP contribution in [0.15, 0.2) is 82.6 Å². The Labute approximate surface area is 264 Å². The minimum absolute atomic E-state index is 0.0991. The molecule has 2 amide bonds. The predicted molar refractivity (Wildman–Crippen MR) is 164 cm³/mol. The molecule has 230 valence electrons. The van der Waals surface area contributed by atoms with Gasteiger partial charge in [0.1, 0.15) is 12.4 Å². The normalized spacial score (nSPS) is 28.3. The number of nitrogens with one attached hydrogen (secondary N) is 1. The molecule has 1 aromatic heterocycles. The average molecular weight is 649 g/mol. The number of para-hydroxylation sites is 2. The Morgan fingerprint density at radius 2 is 1.60 bits per heavy atom. The van der Waals surface area contributed by atoms with Crippen LogP contribution >= 0.6 is 23.1 Å². The number of halogens is 3. The SMILES string of the molecule is Cc1ccccc1COc1ccccc1[C@H]1c2sc(=O)[nH]c2SC2C3CC(C4C(=O)N(c5ccccc5C(F)(F)F)C(=O)C34)C21. The summed E-state index contributed by atoms with van der Waals surface area (Å²) in [5, 5.41) is 0.656. The van der Waals surface area contributed by atoms with Crippen molar-refractivity contribution < 1.29 is 27.5 Å². The van der Waals surface area contributed by atoms with Crippen molar-refractivity contribution in [2.24, 2.45) is 29.6 Å². The van der Waals surface area contributed by atoms with E-state index in [4.69, 9.17) is 4.74 Å². The van der Waals surface area contributed by atoms with Gasteiger partial charge in [-0.15, -0.1) is 11.8 Å². The number of thiazole rings is 1. The third-order valence-corrected chi connectivity index (χ3v) is 12.7. The van der Waals surface area contributed by atoms with E-state index in [1.165, 1.54) is 30.0 Å². The quantitative estimate of drug-likeness (QED) is 0.236. The molecule has 1 saturated heterocycles. The molecule has 7 atom stereocenters. The Hall–Kier alpha value is -3.83. The molecule has 0 radical (unpaired) electrons. The summed E-state index contributed by atoms with van der Waals surface area (Å²) in [4.78, 5) is 45.1. The van der Waals surface area contributed by atoms with E-state index in [0.717, 1.165) is 48.9 Å². The lowest BCUT2D eigenvalue weighted by molar-refractivity contribution is -0.137. The molecule has 1 N–H and O–H groups in total. The molecule has 6 nitrogen and oxygen atoms in total. The highest BCUT2D eigenvalue weighted by molar-refractivity contribution is 8.00. The van der Waals surface area contributed by atoms with Crippen molar-refractivity contribution in [3.63, 3.8) is 0 Å². The molecule has 8 rings (SSSR count). The number of ether oxygens (including phenoxy) is 1. The number of alkyl halides is 3. The third-order valence-electron chi connectivity index (χ3n) is 10.1. The molecular weight excluding hydrogens is 622 g/mol. The maximum Gasteiger partial charge on any atom is 0.418 e. The Balaban J connectivity index is 1.19. The van der Waals surface area contributed by atoms with Gasteiger partial charge >= 0.3 is 11.0 Å². The van der Waals surface area contributed by atoms with E-state index in [9.17, 15) is 27.6 Å². The van der Waals surface area contributed by atoms with Gasteiger partial charge in [0.15, 0.2) is 0 Å². The highest BCUT2D eigenvalue weighted by Gasteiger charge is 2.70. The van der Waals surface area contributed by atoms with E-state index in [2.05, 4.69) is 4.98 Å². The zero-order chi connectivity index (χ0) is 31.2. The van der Waals surface area contributed by atoms with Crippen molar-refractivity contribution >= 4 is 40.6 Å². The number of carbonyl (C=O) groups excluding carboxylic acids is 2. The van der Waals surface area contributed by atoms with Crippen LogP contribution in [0.2, 0.25) is 0 Å². The van der Waals surface area contributed by atoms with E-state index in [-0.39, 0.29) is 33.8 Å². The van der Waals surface area contributed by atoms with Crippen molar-refractivity contribution in [3.05, 3.63) is 110 Å². The number of aryl methyl sites for hydroxylation is 1. The van der Waals surface area contributed by atoms with Crippen LogP contribution in [0.1, 0.15) is 39.5 Å². The second-order valence-corrected chi connectivity index (χ2v) is 14.4. The lowest BCUT2D eigenvalue weighted by atomic mass is 9.68. The van der Waals surface area contributed by atoms with Gasteiger partial charge in [0, 0.05) is 21.6 Å². The molecule has 11 heteroatoms. The van der Waals surface area contributed by atoms with Gasteiger partial charge in [-0.25, -0.2) is 4.90 Å². The molecule has 3 heterocycles. The van der Waals surface area contributed by atoms with E-state index in [0.29, 0.717) is 18.8 Å². The van der Waals surface area contributed by atoms with Crippen LogP contribution in [0.3, 0.4) is 0 Å². The standard InChI is InChI=1S/C34H27F3N2O4S2/c1-16-8-2-3-9-17(16)15-43-23-13-7-4-10-18(23)24-25-19-14-20(28(25)44-30-29(24)45-33(42)38-30)27-26(19)31(40)39(32(27)41)22-12-6-5-11-21(22)34(35,36)37/h2-13,19-20,24-28H,14-15H2,1H3,(H,38,42)/t19?,20?,24-,25?,26?,27?,28?/m1/s1. The van der Waals surface area contributed by atoms with Gasteiger partial charge in [-0.1, -0.05) is 65.9 Å². The van der Waals surface area contributed by atoms with Crippen LogP contribution in [-0.2, 0) is 22.4 Å². The Morgan fingerprint density at radius 3 is 2.38 bits per heavy atom. The van der Waals surface area contributed by atoms with Gasteiger partial charge in [0.2, 0.25) is 11.8 Å². The number of hydrogen-bond donors (Lipinski definition) is 1. The number of thioether (sulfide) groups is 1. The summed E-state index contributed by atoms with van der Waals surface area (Å²) in [5.74, 6) is -2.70. The maximum absolute atomic E-state index is 14.0. The summed E-state index contributed by atoms with van der Waals surface area (Å²) < 4.78 is 48.4. The smallest absolute Gasteiger partial charge is 0.418 e. The zero-order valence-electron chi connectivity index (χ0n) is 23.9. The van der Waals surface area contributed by atoms with Gasteiger partial charge in [-0.2, -0.15) is 13.2 Å². The number of benzene rings is 3. The van der Waals surface area contributed by atoms with Crippen molar-refractivity contribution in [2.75, 3.05) is 4.90 Å². The largest absolute Gasteiger partial charge is 0.489 e. The molecule has 0 spiro atoms. The number of rotatable bonds is 5. The van der Waals surface area contributed by atoms with Crippen molar-refractivity contribution in [1.29, 1.82) is 0 Å². The summed E-state index contributed by atoms with van der Waals surface area (Å²) in [5.41, 5.74) is 1.66. The molecule has 6 unspecified atom stereocenters. The number of aromatic nitrogens is 1. The Bertz CT molecular complexity index is 1920. The van der Waals surface area contributed by atoms with Crippen molar-refractivity contribution in [1.82, 2.24) is 4.98 Å². The monoisotopic (exact) mass is 648 g/mol. The average Bonchev–Trinajstić information content (AvgIpc) is 3.75. The maximum atomic E-state index is 14.0. The Morgan fingerprint density at radius 1 is 0.911 bits per heavy atom. The summed E-state index contributed by atoms with van der Waals surface area (Å²) >= 11 is 2.69. The lowest BCUT2D eigenvalue weighted by Crippen LogP contribution is -2.42. The summed E-state index contributed by atoms with van der Waals surface area (Å²) in [6.45, 7) is 2.38. The number of aromatic amines is 1. The number of carbonyl (C=O) groups is 2. The van der Waals surface area contributed by atoms with E-state index in [1.54, 1.807) is 0 Å². The molecule has 2 aliphatic carbocycles. The fourth-order valence-corrected chi connectivity index (χ4v) is 11.2. The molecule has 2 aliphatic heterocycles. The molecular formula is C34H27F3N2O4S2. The molecule has 3 aromatic carbocycles. The Kier molecular flexibility index (Phi) is 6.58. The van der Waals surface area contributed by atoms with Gasteiger partial charge in [0.25, 0.3) is 0 Å². The lowest BCUT2D eigenvalue weighted by Gasteiger charge is -2.43. The number of hydrogen-bond acceptors (Lipinski definition) is 6. The molecule has 45 heavy (non-hydrogen) atoms. The first kappa shape index (κ1) is 28.6. The van der Waals surface area contributed by atoms with E-state index >= 15 is 0 Å². The number of imide groups is 1. The van der Waals surface area contributed by atoms with Crippen LogP contribution < -0.4 is 14.5 Å². The predicted octanol–water partition coefficient (Wildman–Crippen LogP) is 7.02. The summed E-state index contributed by atoms with van der Waals surface area (Å²) in [6, 6.07) is 20.5. The number of anilines is 1. The summed E-state index contributed by atoms with van der Waals surface area (Å²) in [7, 11) is 0. The molecule has 3 fully saturated rings. The zero-order valence-corrected chi connectivity index (χ0v) is 25.5.